The summed E-state index contributed by atoms with van der Waals surface area (Å²) in [7, 11) is 0. The maximum absolute atomic E-state index is 12.3. The van der Waals surface area contributed by atoms with Gasteiger partial charge in [0.1, 0.15) is 6.04 Å². The van der Waals surface area contributed by atoms with E-state index in [4.69, 9.17) is 4.42 Å². The van der Waals surface area contributed by atoms with Crippen molar-refractivity contribution in [2.45, 2.75) is 33.4 Å². The number of rotatable bonds is 6. The Hall–Kier alpha value is -2.08. The van der Waals surface area contributed by atoms with Gasteiger partial charge in [0.25, 0.3) is 5.91 Å². The van der Waals surface area contributed by atoms with Crippen molar-refractivity contribution in [1.29, 1.82) is 0 Å². The lowest BCUT2D eigenvalue weighted by Crippen LogP contribution is -2.49. The first-order chi connectivity index (χ1) is 10.5. The number of furan rings is 1. The maximum atomic E-state index is 12.3. The quantitative estimate of drug-likeness (QED) is 0.859. The van der Waals surface area contributed by atoms with Gasteiger partial charge in [-0.05, 0) is 42.0 Å². The molecule has 1 atom stereocenters. The number of thiophene rings is 1. The van der Waals surface area contributed by atoms with Gasteiger partial charge in [-0.15, -0.1) is 11.3 Å². The van der Waals surface area contributed by atoms with E-state index in [0.29, 0.717) is 6.54 Å². The van der Waals surface area contributed by atoms with Crippen molar-refractivity contribution >= 4 is 23.2 Å². The molecule has 0 saturated heterocycles. The smallest absolute Gasteiger partial charge is 0.287 e. The van der Waals surface area contributed by atoms with Crippen molar-refractivity contribution in [3.05, 3.63) is 46.0 Å². The van der Waals surface area contributed by atoms with Crippen LogP contribution in [0.5, 0.6) is 0 Å². The van der Waals surface area contributed by atoms with E-state index in [1.165, 1.54) is 6.26 Å². The first kappa shape index (κ1) is 16.3. The summed E-state index contributed by atoms with van der Waals surface area (Å²) >= 11 is 1.61. The molecular formula is C16H20N2O3S. The number of carbonyl (C=O) groups is 2. The fourth-order valence-electron chi connectivity index (χ4n) is 2.02. The summed E-state index contributed by atoms with van der Waals surface area (Å²) in [5.41, 5.74) is 1.16. The van der Waals surface area contributed by atoms with E-state index >= 15 is 0 Å². The highest BCUT2D eigenvalue weighted by Gasteiger charge is 2.25. The highest BCUT2D eigenvalue weighted by atomic mass is 32.1. The van der Waals surface area contributed by atoms with Crippen LogP contribution in [0, 0.1) is 12.8 Å². The summed E-state index contributed by atoms with van der Waals surface area (Å²) < 4.78 is 5.05. The molecule has 118 valence electrons. The van der Waals surface area contributed by atoms with E-state index in [2.05, 4.69) is 10.6 Å². The monoisotopic (exact) mass is 320 g/mol. The zero-order valence-electron chi connectivity index (χ0n) is 12.9. The lowest BCUT2D eigenvalue weighted by atomic mass is 10.0. The van der Waals surface area contributed by atoms with Crippen molar-refractivity contribution in [3.63, 3.8) is 0 Å². The first-order valence-electron chi connectivity index (χ1n) is 7.14. The summed E-state index contributed by atoms with van der Waals surface area (Å²) in [6.45, 7) is 6.27. The van der Waals surface area contributed by atoms with Crippen molar-refractivity contribution < 1.29 is 14.0 Å². The third-order valence-electron chi connectivity index (χ3n) is 3.37. The summed E-state index contributed by atoms with van der Waals surface area (Å²) in [6, 6.07) is 4.63. The molecule has 0 radical (unpaired) electrons. The zero-order chi connectivity index (χ0) is 16.1. The van der Waals surface area contributed by atoms with Gasteiger partial charge in [0, 0.05) is 4.88 Å². The minimum absolute atomic E-state index is 0.0247. The number of amides is 2. The molecule has 0 aliphatic rings. The summed E-state index contributed by atoms with van der Waals surface area (Å²) in [5, 5.41) is 7.60. The molecule has 0 fully saturated rings. The largest absolute Gasteiger partial charge is 0.459 e. The molecule has 22 heavy (non-hydrogen) atoms. The predicted octanol–water partition coefficient (Wildman–Crippen LogP) is 2.72. The van der Waals surface area contributed by atoms with Crippen LogP contribution in [0.2, 0.25) is 0 Å². The van der Waals surface area contributed by atoms with Crippen LogP contribution in [0.15, 0.2) is 34.3 Å². The molecule has 0 saturated carbocycles. The summed E-state index contributed by atoms with van der Waals surface area (Å²) in [5.74, 6) is -0.398. The molecule has 2 N–H and O–H groups in total. The minimum atomic E-state index is -0.599. The number of carbonyl (C=O) groups excluding carboxylic acids is 2. The van der Waals surface area contributed by atoms with E-state index < -0.39 is 6.04 Å². The standard InChI is InChI=1S/C16H20N2O3S/c1-10(2)14(18-15(19)12-5-4-7-21-12)16(20)17-9-13-11(3)6-8-22-13/h4-8,10,14H,9H2,1-3H3,(H,17,20)(H,18,19). The average molecular weight is 320 g/mol. The topological polar surface area (TPSA) is 71.3 Å². The molecule has 2 aromatic heterocycles. The molecule has 1 unspecified atom stereocenters. The van der Waals surface area contributed by atoms with Gasteiger partial charge in [-0.3, -0.25) is 9.59 Å². The minimum Gasteiger partial charge on any atom is -0.459 e. The Bertz CT molecular complexity index is 632. The van der Waals surface area contributed by atoms with Gasteiger partial charge in [0.05, 0.1) is 12.8 Å². The van der Waals surface area contributed by atoms with Crippen molar-refractivity contribution in [2.24, 2.45) is 5.92 Å². The van der Waals surface area contributed by atoms with Gasteiger partial charge in [0.2, 0.25) is 5.91 Å². The summed E-state index contributed by atoms with van der Waals surface area (Å²) in [4.78, 5) is 25.5. The molecule has 2 heterocycles. The molecule has 2 aromatic rings. The van der Waals surface area contributed by atoms with Crippen LogP contribution >= 0.6 is 11.3 Å². The van der Waals surface area contributed by atoms with Crippen LogP contribution in [0.4, 0.5) is 0 Å². The van der Waals surface area contributed by atoms with Crippen molar-refractivity contribution in [1.82, 2.24) is 10.6 Å². The number of hydrogen-bond donors (Lipinski definition) is 2. The third-order valence-corrected chi connectivity index (χ3v) is 4.40. The van der Waals surface area contributed by atoms with Crippen LogP contribution in [0.3, 0.4) is 0 Å². The van der Waals surface area contributed by atoms with E-state index in [-0.39, 0.29) is 23.5 Å². The number of aryl methyl sites for hydroxylation is 1. The van der Waals surface area contributed by atoms with Crippen LogP contribution in [0.1, 0.15) is 34.8 Å². The SMILES string of the molecule is Cc1ccsc1CNC(=O)C(NC(=O)c1ccco1)C(C)C. The maximum Gasteiger partial charge on any atom is 0.287 e. The molecule has 6 heteroatoms. The van der Waals surface area contributed by atoms with Gasteiger partial charge < -0.3 is 15.1 Å². The van der Waals surface area contributed by atoms with Crippen LogP contribution in [0.25, 0.3) is 0 Å². The molecule has 0 aliphatic carbocycles. The predicted molar refractivity (Wildman–Crippen MR) is 85.7 cm³/mol. The van der Waals surface area contributed by atoms with E-state index in [9.17, 15) is 9.59 Å². The van der Waals surface area contributed by atoms with E-state index in [1.54, 1.807) is 23.5 Å². The molecule has 5 nitrogen and oxygen atoms in total. The second-order valence-electron chi connectivity index (χ2n) is 5.42. The Morgan fingerprint density at radius 1 is 1.32 bits per heavy atom. The van der Waals surface area contributed by atoms with Gasteiger partial charge >= 0.3 is 0 Å². The number of hydrogen-bond acceptors (Lipinski definition) is 4. The molecule has 0 bridgehead atoms. The molecule has 0 aliphatic heterocycles. The highest BCUT2D eigenvalue weighted by Crippen LogP contribution is 2.15. The summed E-state index contributed by atoms with van der Waals surface area (Å²) in [6.07, 6.45) is 1.43. The Morgan fingerprint density at radius 2 is 2.09 bits per heavy atom. The van der Waals surface area contributed by atoms with Gasteiger partial charge in [-0.1, -0.05) is 13.8 Å². The van der Waals surface area contributed by atoms with Gasteiger partial charge in [-0.25, -0.2) is 0 Å². The number of nitrogens with one attached hydrogen (secondary N) is 2. The fraction of sp³-hybridized carbons (Fsp3) is 0.375. The third kappa shape index (κ3) is 3.98. The Kier molecular flexibility index (Phi) is 5.38. The van der Waals surface area contributed by atoms with Crippen LogP contribution in [-0.4, -0.2) is 17.9 Å². The molecule has 2 rings (SSSR count). The van der Waals surface area contributed by atoms with Crippen molar-refractivity contribution in [2.75, 3.05) is 0 Å². The van der Waals surface area contributed by atoms with Gasteiger partial charge in [-0.2, -0.15) is 0 Å². The second-order valence-corrected chi connectivity index (χ2v) is 6.42. The average Bonchev–Trinajstić information content (AvgIpc) is 3.13. The van der Waals surface area contributed by atoms with Crippen LogP contribution < -0.4 is 10.6 Å². The first-order valence-corrected chi connectivity index (χ1v) is 8.02. The lowest BCUT2D eigenvalue weighted by Gasteiger charge is -2.21. The lowest BCUT2D eigenvalue weighted by molar-refractivity contribution is -0.124. The second kappa shape index (κ2) is 7.26. The molecular weight excluding hydrogens is 300 g/mol. The normalized spacial score (nSPS) is 12.2. The van der Waals surface area contributed by atoms with E-state index in [1.807, 2.05) is 32.2 Å². The fourth-order valence-corrected chi connectivity index (χ4v) is 2.86. The molecule has 2 amide bonds. The Morgan fingerprint density at radius 3 is 2.64 bits per heavy atom. The Labute approximate surface area is 133 Å². The zero-order valence-corrected chi connectivity index (χ0v) is 13.7. The highest BCUT2D eigenvalue weighted by molar-refractivity contribution is 7.10. The van der Waals surface area contributed by atoms with Gasteiger partial charge in [0.15, 0.2) is 5.76 Å². The molecule has 0 aromatic carbocycles. The van der Waals surface area contributed by atoms with E-state index in [0.717, 1.165) is 10.4 Å². The molecule has 0 spiro atoms. The Balaban J connectivity index is 1.96. The van der Waals surface area contributed by atoms with Crippen LogP contribution in [-0.2, 0) is 11.3 Å². The van der Waals surface area contributed by atoms with Crippen molar-refractivity contribution in [3.8, 4) is 0 Å².